The number of esters is 3. The number of hydrogen-bond acceptors (Lipinski definition) is 6. The van der Waals surface area contributed by atoms with Crippen molar-refractivity contribution in [3.8, 4) is 0 Å². The summed E-state index contributed by atoms with van der Waals surface area (Å²) in [5.41, 5.74) is 0. The van der Waals surface area contributed by atoms with Crippen LogP contribution in [-0.2, 0) is 28.6 Å². The first-order valence-electron chi connectivity index (χ1n) is 35.6. The van der Waals surface area contributed by atoms with E-state index >= 15 is 0 Å². The van der Waals surface area contributed by atoms with Gasteiger partial charge in [0, 0.05) is 19.3 Å². The smallest absolute Gasteiger partial charge is 0.306 e. The van der Waals surface area contributed by atoms with E-state index in [0.29, 0.717) is 19.3 Å². The van der Waals surface area contributed by atoms with Crippen molar-refractivity contribution >= 4 is 17.9 Å². The van der Waals surface area contributed by atoms with Gasteiger partial charge in [0.1, 0.15) is 13.2 Å². The van der Waals surface area contributed by atoms with Crippen molar-refractivity contribution in [2.45, 2.75) is 367 Å². The maximum absolute atomic E-state index is 12.9. The zero-order chi connectivity index (χ0) is 59.2. The van der Waals surface area contributed by atoms with E-state index in [1.165, 1.54) is 225 Å². The number of carbonyl (C=O) groups excluding carboxylic acids is 3. The lowest BCUT2D eigenvalue weighted by Crippen LogP contribution is -2.30. The monoisotopic (exact) mass is 1140 g/mol. The molecule has 0 heterocycles. The van der Waals surface area contributed by atoms with E-state index in [2.05, 4.69) is 106 Å². The van der Waals surface area contributed by atoms with E-state index in [0.717, 1.165) is 96.3 Å². The maximum Gasteiger partial charge on any atom is 0.306 e. The predicted molar refractivity (Wildman–Crippen MR) is 358 cm³/mol. The summed E-state index contributed by atoms with van der Waals surface area (Å²) in [6, 6.07) is 0. The molecule has 0 rings (SSSR count). The van der Waals surface area contributed by atoms with Gasteiger partial charge >= 0.3 is 17.9 Å². The highest BCUT2D eigenvalue weighted by atomic mass is 16.6. The molecule has 0 aromatic heterocycles. The summed E-state index contributed by atoms with van der Waals surface area (Å²) in [7, 11) is 0. The molecule has 0 aromatic carbocycles. The van der Waals surface area contributed by atoms with Gasteiger partial charge in [-0.05, 0) is 96.3 Å². The molecule has 0 bridgehead atoms. The average Bonchev–Trinajstić information content (AvgIpc) is 3.48. The molecule has 82 heavy (non-hydrogen) atoms. The summed E-state index contributed by atoms with van der Waals surface area (Å²) >= 11 is 0. The van der Waals surface area contributed by atoms with Crippen molar-refractivity contribution in [3.63, 3.8) is 0 Å². The van der Waals surface area contributed by atoms with Crippen molar-refractivity contribution < 1.29 is 28.6 Å². The van der Waals surface area contributed by atoms with Crippen LogP contribution in [0.4, 0.5) is 0 Å². The highest BCUT2D eigenvalue weighted by molar-refractivity contribution is 5.71. The SMILES string of the molecule is CC/C=C\C/C=C\C/C=C\C/C=C\CCCCCCCCCCCCCCCCC(=O)OC(COC(=O)CCCCCCCCCC)COC(=O)CCCCCCCCCCCCCCCC/C=C\C/C=C\C/C=C\CCCCCCC. The van der Waals surface area contributed by atoms with Crippen molar-refractivity contribution in [1.82, 2.24) is 0 Å². The van der Waals surface area contributed by atoms with Crippen LogP contribution in [0.1, 0.15) is 361 Å². The van der Waals surface area contributed by atoms with Crippen LogP contribution in [0.3, 0.4) is 0 Å². The Hall–Kier alpha value is -3.41. The fourth-order valence-electron chi connectivity index (χ4n) is 10.3. The number of ether oxygens (including phenoxy) is 3. The van der Waals surface area contributed by atoms with Crippen LogP contribution in [0.5, 0.6) is 0 Å². The first-order chi connectivity index (χ1) is 40.5. The Balaban J connectivity index is 4.10. The van der Waals surface area contributed by atoms with E-state index in [1.54, 1.807) is 0 Å². The second-order valence-electron chi connectivity index (χ2n) is 23.8. The molecule has 0 aromatic rings. The topological polar surface area (TPSA) is 78.9 Å². The predicted octanol–water partition coefficient (Wildman–Crippen LogP) is 24.6. The van der Waals surface area contributed by atoms with Crippen molar-refractivity contribution in [1.29, 1.82) is 0 Å². The largest absolute Gasteiger partial charge is 0.462 e. The molecule has 0 spiro atoms. The van der Waals surface area contributed by atoms with Crippen LogP contribution in [0.15, 0.2) is 85.1 Å². The zero-order valence-electron chi connectivity index (χ0n) is 54.5. The zero-order valence-corrected chi connectivity index (χ0v) is 54.5. The minimum absolute atomic E-state index is 0.0725. The molecule has 6 nitrogen and oxygen atoms in total. The van der Waals surface area contributed by atoms with Gasteiger partial charge in [-0.1, -0.05) is 331 Å². The first kappa shape index (κ1) is 78.6. The van der Waals surface area contributed by atoms with Gasteiger partial charge in [0.25, 0.3) is 0 Å². The molecule has 474 valence electrons. The van der Waals surface area contributed by atoms with E-state index in [9.17, 15) is 14.4 Å². The number of allylic oxidation sites excluding steroid dienone is 14. The van der Waals surface area contributed by atoms with Gasteiger partial charge in [-0.25, -0.2) is 0 Å². The lowest BCUT2D eigenvalue weighted by atomic mass is 10.0. The van der Waals surface area contributed by atoms with Crippen LogP contribution < -0.4 is 0 Å². The summed E-state index contributed by atoms with van der Waals surface area (Å²) in [6.07, 6.45) is 93.5. The summed E-state index contributed by atoms with van der Waals surface area (Å²) in [6.45, 7) is 6.53. The van der Waals surface area contributed by atoms with Crippen molar-refractivity contribution in [3.05, 3.63) is 85.1 Å². The van der Waals surface area contributed by atoms with Gasteiger partial charge < -0.3 is 14.2 Å². The third-order valence-corrected chi connectivity index (χ3v) is 15.6. The minimum Gasteiger partial charge on any atom is -0.462 e. The van der Waals surface area contributed by atoms with Crippen LogP contribution in [-0.4, -0.2) is 37.2 Å². The molecule has 0 fully saturated rings. The molecular weight excluding hydrogens is 1010 g/mol. The molecule has 0 aliphatic carbocycles. The summed E-state index contributed by atoms with van der Waals surface area (Å²) in [5, 5.41) is 0. The third-order valence-electron chi connectivity index (χ3n) is 15.6. The van der Waals surface area contributed by atoms with Crippen LogP contribution in [0, 0.1) is 0 Å². The quantitative estimate of drug-likeness (QED) is 0.0261. The Kier molecular flexibility index (Phi) is 67.2. The molecule has 1 unspecified atom stereocenters. The maximum atomic E-state index is 12.9. The number of carbonyl (C=O) groups is 3. The molecule has 1 atom stereocenters. The normalized spacial score (nSPS) is 12.6. The Morgan fingerprint density at radius 3 is 0.744 bits per heavy atom. The molecular formula is C76H134O6. The van der Waals surface area contributed by atoms with Gasteiger partial charge in [-0.15, -0.1) is 0 Å². The number of hydrogen-bond donors (Lipinski definition) is 0. The van der Waals surface area contributed by atoms with Crippen LogP contribution >= 0.6 is 0 Å². The van der Waals surface area contributed by atoms with E-state index in [4.69, 9.17) is 14.2 Å². The average molecular weight is 1140 g/mol. The van der Waals surface area contributed by atoms with E-state index < -0.39 is 6.10 Å². The van der Waals surface area contributed by atoms with Crippen LogP contribution in [0.2, 0.25) is 0 Å². The summed E-state index contributed by atoms with van der Waals surface area (Å²) < 4.78 is 16.9. The fraction of sp³-hybridized carbons (Fsp3) is 0.776. The van der Waals surface area contributed by atoms with E-state index in [-0.39, 0.29) is 31.1 Å². The Labute approximate surface area is 509 Å². The Bertz CT molecular complexity index is 1550. The second-order valence-corrected chi connectivity index (χ2v) is 23.8. The summed E-state index contributed by atoms with van der Waals surface area (Å²) in [5.74, 6) is -0.860. The Morgan fingerprint density at radius 2 is 0.476 bits per heavy atom. The number of unbranched alkanes of at least 4 members (excludes halogenated alkanes) is 40. The molecule has 0 saturated carbocycles. The summed E-state index contributed by atoms with van der Waals surface area (Å²) in [4.78, 5) is 38.3. The highest BCUT2D eigenvalue weighted by Gasteiger charge is 2.19. The van der Waals surface area contributed by atoms with Crippen molar-refractivity contribution in [2.75, 3.05) is 13.2 Å². The molecule has 0 N–H and O–H groups in total. The Morgan fingerprint density at radius 1 is 0.256 bits per heavy atom. The van der Waals surface area contributed by atoms with E-state index in [1.807, 2.05) is 0 Å². The first-order valence-corrected chi connectivity index (χ1v) is 35.6. The van der Waals surface area contributed by atoms with Crippen LogP contribution in [0.25, 0.3) is 0 Å². The van der Waals surface area contributed by atoms with Crippen molar-refractivity contribution in [2.24, 2.45) is 0 Å². The molecule has 0 amide bonds. The van der Waals surface area contributed by atoms with Gasteiger partial charge in [0.05, 0.1) is 0 Å². The molecule has 0 radical (unpaired) electrons. The standard InChI is InChI=1S/C76H134O6/c1-4-7-10-13-16-19-21-23-25-27-29-31-33-35-37-38-40-41-43-45-47-49-51-53-55-57-60-63-66-69-75(78)81-72-73(71-80-74(77)68-65-62-59-18-15-12-9-6-3)82-76(79)70-67-64-61-58-56-54-52-50-48-46-44-42-39-36-34-32-30-28-26-24-22-20-17-14-11-8-5-2/h8,11,17,20-21,23-24,26-27,29-30,32-33,35,73H,4-7,9-10,12-16,18-19,22,25,28,31,34,36-72H2,1-3H3/b11-8-,20-17-,23-21-,26-24-,29-27-,32-30-,35-33-. The lowest BCUT2D eigenvalue weighted by Gasteiger charge is -2.18. The highest BCUT2D eigenvalue weighted by Crippen LogP contribution is 2.18. The van der Waals surface area contributed by atoms with Gasteiger partial charge in [-0.3, -0.25) is 14.4 Å². The number of rotatable bonds is 65. The fourth-order valence-corrected chi connectivity index (χ4v) is 10.3. The third kappa shape index (κ3) is 67.4. The molecule has 0 saturated heterocycles. The molecule has 0 aliphatic heterocycles. The second kappa shape index (κ2) is 70.1. The molecule has 0 aliphatic rings. The minimum atomic E-state index is -0.774. The van der Waals surface area contributed by atoms with Gasteiger partial charge in [0.2, 0.25) is 0 Å². The lowest BCUT2D eigenvalue weighted by molar-refractivity contribution is -0.167. The van der Waals surface area contributed by atoms with Gasteiger partial charge in [-0.2, -0.15) is 0 Å². The molecule has 6 heteroatoms. The van der Waals surface area contributed by atoms with Gasteiger partial charge in [0.15, 0.2) is 6.10 Å².